The fourth-order valence-electron chi connectivity index (χ4n) is 4.54. The second-order valence-electron chi connectivity index (χ2n) is 8.35. The topological polar surface area (TPSA) is 86.0 Å². The molecule has 1 aromatic carbocycles. The number of rotatable bonds is 6. The molecular formula is C23H27FN4O4. The highest BCUT2D eigenvalue weighted by molar-refractivity contribution is 6.01. The van der Waals surface area contributed by atoms with E-state index in [1.54, 1.807) is 43.3 Å². The number of likely N-dealkylation sites (tertiary alicyclic amines) is 1. The number of carbonyl (C=O) groups excluding carboxylic acids is 2. The van der Waals surface area contributed by atoms with E-state index in [0.717, 1.165) is 5.56 Å². The van der Waals surface area contributed by atoms with Crippen molar-refractivity contribution < 1.29 is 23.6 Å². The van der Waals surface area contributed by atoms with E-state index >= 15 is 0 Å². The van der Waals surface area contributed by atoms with E-state index < -0.39 is 5.41 Å². The van der Waals surface area contributed by atoms with Gasteiger partial charge in [0.2, 0.25) is 0 Å². The average molecular weight is 442 g/mol. The van der Waals surface area contributed by atoms with Crippen LogP contribution < -0.4 is 0 Å². The highest BCUT2D eigenvalue weighted by atomic mass is 19.1. The number of carbonyl (C=O) groups is 2. The zero-order valence-corrected chi connectivity index (χ0v) is 18.3. The lowest BCUT2D eigenvalue weighted by molar-refractivity contribution is -0.161. The van der Waals surface area contributed by atoms with Gasteiger partial charge in [-0.25, -0.2) is 4.39 Å². The van der Waals surface area contributed by atoms with Crippen LogP contribution in [0.3, 0.4) is 0 Å². The molecule has 1 aromatic heterocycles. The van der Waals surface area contributed by atoms with Gasteiger partial charge in [0.25, 0.3) is 5.91 Å². The van der Waals surface area contributed by atoms with Crippen molar-refractivity contribution in [3.8, 4) is 0 Å². The summed E-state index contributed by atoms with van der Waals surface area (Å²) in [7, 11) is 1.72. The van der Waals surface area contributed by atoms with Crippen molar-refractivity contribution >= 4 is 17.6 Å². The lowest BCUT2D eigenvalue weighted by atomic mass is 9.74. The minimum Gasteiger partial charge on any atom is -0.466 e. The number of benzene rings is 1. The van der Waals surface area contributed by atoms with Crippen molar-refractivity contribution in [3.63, 3.8) is 0 Å². The van der Waals surface area contributed by atoms with Crippen molar-refractivity contribution in [1.82, 2.24) is 14.7 Å². The molecule has 4 rings (SSSR count). The minimum atomic E-state index is -0.874. The standard InChI is InChI=1S/C23H27FN4O4/c1-3-31-22(30)23(10-4-12-28(15-23)21(29)20-9-11-25-27(20)2)14-18-13-19(26-32-18)16-5-7-17(24)8-6-16/h5-9,11,18H,3-4,10,12-15H2,1-2H3. The maximum absolute atomic E-state index is 13.2. The quantitative estimate of drug-likeness (QED) is 0.642. The summed E-state index contributed by atoms with van der Waals surface area (Å²) in [5.41, 5.74) is 1.10. The van der Waals surface area contributed by atoms with Crippen LogP contribution in [0.5, 0.6) is 0 Å². The summed E-state index contributed by atoms with van der Waals surface area (Å²) in [6.07, 6.45) is 3.42. The Hall–Kier alpha value is -3.23. The molecule has 2 aliphatic rings. The van der Waals surface area contributed by atoms with Crippen LogP contribution in [-0.2, 0) is 21.4 Å². The maximum atomic E-state index is 13.2. The van der Waals surface area contributed by atoms with Crippen molar-refractivity contribution in [3.05, 3.63) is 53.6 Å². The largest absolute Gasteiger partial charge is 0.466 e. The normalized spacial score (nSPS) is 22.9. The number of amides is 1. The molecule has 2 atom stereocenters. The Kier molecular flexibility index (Phi) is 6.25. The average Bonchev–Trinajstić information content (AvgIpc) is 3.43. The molecule has 2 aliphatic heterocycles. The molecule has 8 nitrogen and oxygen atoms in total. The summed E-state index contributed by atoms with van der Waals surface area (Å²) in [5.74, 6) is -0.790. The van der Waals surface area contributed by atoms with E-state index in [1.165, 1.54) is 16.8 Å². The van der Waals surface area contributed by atoms with Crippen LogP contribution in [0.25, 0.3) is 0 Å². The second kappa shape index (κ2) is 9.10. The molecule has 0 radical (unpaired) electrons. The molecule has 1 amide bonds. The van der Waals surface area contributed by atoms with Gasteiger partial charge in [0.05, 0.1) is 17.7 Å². The first-order valence-electron chi connectivity index (χ1n) is 10.8. The molecule has 0 bridgehead atoms. The number of nitrogens with zero attached hydrogens (tertiary/aromatic N) is 4. The number of aromatic nitrogens is 2. The van der Waals surface area contributed by atoms with E-state index in [1.807, 2.05) is 0 Å². The minimum absolute atomic E-state index is 0.158. The van der Waals surface area contributed by atoms with E-state index in [2.05, 4.69) is 10.3 Å². The zero-order chi connectivity index (χ0) is 22.7. The molecule has 9 heteroatoms. The molecule has 170 valence electrons. The van der Waals surface area contributed by atoms with Gasteiger partial charge >= 0.3 is 5.97 Å². The van der Waals surface area contributed by atoms with Crippen LogP contribution >= 0.6 is 0 Å². The summed E-state index contributed by atoms with van der Waals surface area (Å²) in [6, 6.07) is 7.76. The fraction of sp³-hybridized carbons (Fsp3) is 0.478. The molecule has 0 saturated carbocycles. The van der Waals surface area contributed by atoms with Crippen LogP contribution in [0, 0.1) is 11.2 Å². The number of ether oxygens (including phenoxy) is 1. The number of oxime groups is 1. The summed E-state index contributed by atoms with van der Waals surface area (Å²) in [4.78, 5) is 33.6. The van der Waals surface area contributed by atoms with Gasteiger partial charge < -0.3 is 14.5 Å². The lowest BCUT2D eigenvalue weighted by Gasteiger charge is -2.41. The third kappa shape index (κ3) is 4.37. The number of hydrogen-bond donors (Lipinski definition) is 0. The maximum Gasteiger partial charge on any atom is 0.314 e. The molecule has 2 unspecified atom stereocenters. The van der Waals surface area contributed by atoms with Gasteiger partial charge in [0.15, 0.2) is 0 Å². The first-order chi connectivity index (χ1) is 15.4. The number of piperidine rings is 1. The summed E-state index contributed by atoms with van der Waals surface area (Å²) in [5, 5.41) is 8.25. The Morgan fingerprint density at radius 1 is 1.28 bits per heavy atom. The predicted molar refractivity (Wildman–Crippen MR) is 114 cm³/mol. The van der Waals surface area contributed by atoms with Crippen molar-refractivity contribution in [2.24, 2.45) is 17.6 Å². The monoisotopic (exact) mass is 442 g/mol. The third-order valence-electron chi connectivity index (χ3n) is 6.14. The van der Waals surface area contributed by atoms with Gasteiger partial charge in [-0.05, 0) is 43.5 Å². The van der Waals surface area contributed by atoms with E-state index in [-0.39, 0.29) is 36.9 Å². The van der Waals surface area contributed by atoms with E-state index in [0.29, 0.717) is 43.6 Å². The Morgan fingerprint density at radius 3 is 2.75 bits per heavy atom. The van der Waals surface area contributed by atoms with Gasteiger partial charge in [-0.3, -0.25) is 14.3 Å². The van der Waals surface area contributed by atoms with Crippen molar-refractivity contribution in [1.29, 1.82) is 0 Å². The van der Waals surface area contributed by atoms with Gasteiger partial charge in [0, 0.05) is 39.2 Å². The third-order valence-corrected chi connectivity index (χ3v) is 6.14. The van der Waals surface area contributed by atoms with Gasteiger partial charge in [-0.15, -0.1) is 0 Å². The molecule has 3 heterocycles. The first kappa shape index (κ1) is 22.0. The summed E-state index contributed by atoms with van der Waals surface area (Å²) >= 11 is 0. The molecular weight excluding hydrogens is 415 g/mol. The van der Waals surface area contributed by atoms with E-state index in [4.69, 9.17) is 9.57 Å². The Balaban J connectivity index is 1.51. The van der Waals surface area contributed by atoms with Crippen LogP contribution in [-0.4, -0.2) is 58.1 Å². The number of halogens is 1. The van der Waals surface area contributed by atoms with Crippen LogP contribution in [0.1, 0.15) is 48.7 Å². The molecule has 0 N–H and O–H groups in total. The molecule has 32 heavy (non-hydrogen) atoms. The van der Waals surface area contributed by atoms with Gasteiger partial charge in [-0.2, -0.15) is 5.10 Å². The molecule has 1 fully saturated rings. The lowest BCUT2D eigenvalue weighted by Crippen LogP contribution is -2.52. The Labute approximate surface area is 186 Å². The fourth-order valence-corrected chi connectivity index (χ4v) is 4.54. The molecule has 2 aromatic rings. The van der Waals surface area contributed by atoms with Crippen molar-refractivity contribution in [2.45, 2.75) is 38.7 Å². The molecule has 1 saturated heterocycles. The zero-order valence-electron chi connectivity index (χ0n) is 18.3. The van der Waals surface area contributed by atoms with E-state index in [9.17, 15) is 14.0 Å². The number of aryl methyl sites for hydroxylation is 1. The SMILES string of the molecule is CCOC(=O)C1(CC2CC(c3ccc(F)cc3)=NO2)CCCN(C(=O)c2ccnn2C)C1. The summed E-state index contributed by atoms with van der Waals surface area (Å²) in [6.45, 7) is 2.85. The van der Waals surface area contributed by atoms with Gasteiger partial charge in [0.1, 0.15) is 17.6 Å². The Morgan fingerprint density at radius 2 is 2.06 bits per heavy atom. The number of esters is 1. The van der Waals surface area contributed by atoms with Crippen LogP contribution in [0.4, 0.5) is 4.39 Å². The van der Waals surface area contributed by atoms with Crippen LogP contribution in [0.15, 0.2) is 41.7 Å². The van der Waals surface area contributed by atoms with Crippen LogP contribution in [0.2, 0.25) is 0 Å². The highest BCUT2D eigenvalue weighted by Gasteiger charge is 2.47. The molecule has 0 aliphatic carbocycles. The van der Waals surface area contributed by atoms with Crippen molar-refractivity contribution in [2.75, 3.05) is 19.7 Å². The second-order valence-corrected chi connectivity index (χ2v) is 8.35. The Bertz CT molecular complexity index is 1020. The summed E-state index contributed by atoms with van der Waals surface area (Å²) < 4.78 is 20.2. The van der Waals surface area contributed by atoms with Gasteiger partial charge in [-0.1, -0.05) is 17.3 Å². The number of hydrogen-bond acceptors (Lipinski definition) is 6. The smallest absolute Gasteiger partial charge is 0.314 e. The predicted octanol–water partition coefficient (Wildman–Crippen LogP) is 2.93. The molecule has 0 spiro atoms. The first-order valence-corrected chi connectivity index (χ1v) is 10.8. The highest BCUT2D eigenvalue weighted by Crippen LogP contribution is 2.39.